The third kappa shape index (κ3) is 6.30. The number of ether oxygens (including phenoxy) is 1. The highest BCUT2D eigenvalue weighted by Crippen LogP contribution is 2.30. The molecular weight excluding hydrogens is 354 g/mol. The lowest BCUT2D eigenvalue weighted by Gasteiger charge is -2.14. The molecule has 0 bridgehead atoms. The number of rotatable bonds is 3. The second-order valence-electron chi connectivity index (χ2n) is 5.92. The van der Waals surface area contributed by atoms with Crippen LogP contribution in [0.5, 0.6) is 0 Å². The van der Waals surface area contributed by atoms with Crippen LogP contribution in [0, 0.1) is 18.6 Å². The lowest BCUT2D eigenvalue weighted by molar-refractivity contribution is -0.142. The monoisotopic (exact) mass is 376 g/mol. The third-order valence-electron chi connectivity index (χ3n) is 3.76. The fourth-order valence-corrected chi connectivity index (χ4v) is 3.37. The average Bonchev–Trinajstić information content (AvgIpc) is 2.61. The van der Waals surface area contributed by atoms with Gasteiger partial charge in [-0.2, -0.15) is 11.8 Å². The van der Waals surface area contributed by atoms with E-state index in [1.54, 1.807) is 18.7 Å². The predicted molar refractivity (Wildman–Crippen MR) is 103 cm³/mol. The van der Waals surface area contributed by atoms with Gasteiger partial charge in [-0.1, -0.05) is 36.4 Å². The van der Waals surface area contributed by atoms with Crippen LogP contribution in [-0.2, 0) is 16.1 Å². The molecule has 1 aliphatic heterocycles. The van der Waals surface area contributed by atoms with Gasteiger partial charge in [0.25, 0.3) is 0 Å². The second-order valence-corrected chi connectivity index (χ2v) is 7.07. The zero-order chi connectivity index (χ0) is 18.9. The molecule has 0 saturated heterocycles. The van der Waals surface area contributed by atoms with Gasteiger partial charge in [0.1, 0.15) is 18.2 Å². The maximum Gasteiger partial charge on any atom is 0.302 e. The van der Waals surface area contributed by atoms with Gasteiger partial charge in [-0.05, 0) is 47.9 Å². The number of carbonyl (C=O) groups is 1. The number of hydrogen-bond donors (Lipinski definition) is 0. The molecule has 0 aliphatic carbocycles. The molecule has 0 spiro atoms. The minimum absolute atomic E-state index is 0.167. The van der Waals surface area contributed by atoms with Crippen molar-refractivity contribution in [2.45, 2.75) is 26.9 Å². The van der Waals surface area contributed by atoms with E-state index in [1.165, 1.54) is 19.1 Å². The van der Waals surface area contributed by atoms with Crippen molar-refractivity contribution in [3.63, 3.8) is 0 Å². The van der Waals surface area contributed by atoms with Crippen LogP contribution in [-0.4, -0.2) is 17.5 Å². The summed E-state index contributed by atoms with van der Waals surface area (Å²) >= 11 is 1.79. The third-order valence-corrected chi connectivity index (χ3v) is 4.65. The largest absolute Gasteiger partial charge is 0.461 e. The van der Waals surface area contributed by atoms with Crippen molar-refractivity contribution < 1.29 is 18.3 Å². The van der Waals surface area contributed by atoms with E-state index in [4.69, 9.17) is 4.74 Å². The van der Waals surface area contributed by atoms with Gasteiger partial charge >= 0.3 is 5.97 Å². The summed E-state index contributed by atoms with van der Waals surface area (Å²) in [6.07, 6.45) is 2.67. The highest BCUT2D eigenvalue weighted by Gasteiger charge is 2.16. The molecule has 1 heterocycles. The Kier molecular flexibility index (Phi) is 7.85. The van der Waals surface area contributed by atoms with Crippen molar-refractivity contribution in [3.8, 4) is 0 Å². The summed E-state index contributed by atoms with van der Waals surface area (Å²) in [5, 5.41) is 0. The van der Waals surface area contributed by atoms with Gasteiger partial charge in [-0.15, -0.1) is 0 Å². The molecular formula is C21H22F2O2S. The fourth-order valence-electron chi connectivity index (χ4n) is 2.52. The van der Waals surface area contributed by atoms with Crippen molar-refractivity contribution in [3.05, 3.63) is 76.9 Å². The van der Waals surface area contributed by atoms with E-state index in [1.807, 2.05) is 36.4 Å². The Hall–Kier alpha value is -2.14. The van der Waals surface area contributed by atoms with Gasteiger partial charge < -0.3 is 4.74 Å². The molecule has 2 nitrogen and oxygen atoms in total. The van der Waals surface area contributed by atoms with Crippen LogP contribution in [0.4, 0.5) is 8.78 Å². The molecule has 2 aromatic rings. The molecule has 0 amide bonds. The van der Waals surface area contributed by atoms with Crippen molar-refractivity contribution in [2.75, 3.05) is 11.5 Å². The number of esters is 1. The van der Waals surface area contributed by atoms with E-state index >= 15 is 0 Å². The van der Waals surface area contributed by atoms with E-state index in [9.17, 15) is 13.6 Å². The van der Waals surface area contributed by atoms with E-state index in [0.29, 0.717) is 12.2 Å². The topological polar surface area (TPSA) is 26.3 Å². The first-order valence-corrected chi connectivity index (χ1v) is 9.53. The molecule has 3 rings (SSSR count). The molecule has 0 unspecified atom stereocenters. The molecule has 0 saturated carbocycles. The summed E-state index contributed by atoms with van der Waals surface area (Å²) in [5.74, 6) is 0.672. The van der Waals surface area contributed by atoms with Crippen LogP contribution >= 0.6 is 11.8 Å². The highest BCUT2D eigenvalue weighted by atomic mass is 32.2. The standard InChI is InChI=1S/C12H12F2S.C9H10O2/c1-8-6-10(13)12(11(14)7-8)9-2-4-15-5-3-9;1-8(10)11-7-9-5-3-2-4-6-9/h2,6-7H,3-5H2,1H3;2-6H,7H2,1H3. The molecule has 0 fully saturated rings. The van der Waals surface area contributed by atoms with Crippen LogP contribution in [0.2, 0.25) is 0 Å². The zero-order valence-corrected chi connectivity index (χ0v) is 15.7. The van der Waals surface area contributed by atoms with Crippen LogP contribution < -0.4 is 0 Å². The molecule has 0 atom stereocenters. The minimum atomic E-state index is -0.439. The number of carbonyl (C=O) groups excluding carboxylic acids is 1. The van der Waals surface area contributed by atoms with Crippen molar-refractivity contribution in [2.24, 2.45) is 0 Å². The Morgan fingerprint density at radius 2 is 1.81 bits per heavy atom. The predicted octanol–water partition coefficient (Wildman–Crippen LogP) is 5.54. The Morgan fingerprint density at radius 1 is 1.15 bits per heavy atom. The number of allylic oxidation sites excluding steroid dienone is 1. The molecule has 2 aromatic carbocycles. The van der Waals surface area contributed by atoms with Crippen LogP contribution in [0.15, 0.2) is 48.5 Å². The van der Waals surface area contributed by atoms with E-state index in [-0.39, 0.29) is 11.5 Å². The first-order valence-electron chi connectivity index (χ1n) is 8.37. The number of hydrogen-bond acceptors (Lipinski definition) is 3. The second kappa shape index (κ2) is 10.1. The molecule has 26 heavy (non-hydrogen) atoms. The maximum absolute atomic E-state index is 13.6. The Labute approximate surface area is 157 Å². The SMILES string of the molecule is CC(=O)OCc1ccccc1.Cc1cc(F)c(C2=CCSCC2)c(F)c1. The first-order chi connectivity index (χ1) is 12.5. The number of halogens is 2. The summed E-state index contributed by atoms with van der Waals surface area (Å²) in [5.41, 5.74) is 2.62. The lowest BCUT2D eigenvalue weighted by atomic mass is 10.0. The Balaban J connectivity index is 0.000000197. The summed E-state index contributed by atoms with van der Waals surface area (Å²) in [7, 11) is 0. The molecule has 0 aromatic heterocycles. The summed E-state index contributed by atoms with van der Waals surface area (Å²) < 4.78 is 32.0. The van der Waals surface area contributed by atoms with Crippen LogP contribution in [0.3, 0.4) is 0 Å². The molecule has 1 aliphatic rings. The summed E-state index contributed by atoms with van der Waals surface area (Å²) in [6.45, 7) is 3.47. The Morgan fingerprint density at radius 3 is 2.35 bits per heavy atom. The van der Waals surface area contributed by atoms with Crippen molar-refractivity contribution in [1.29, 1.82) is 0 Å². The minimum Gasteiger partial charge on any atom is -0.461 e. The quantitative estimate of drug-likeness (QED) is 0.658. The van der Waals surface area contributed by atoms with Gasteiger partial charge in [-0.25, -0.2) is 8.78 Å². The smallest absolute Gasteiger partial charge is 0.302 e. The maximum atomic E-state index is 13.6. The van der Waals surface area contributed by atoms with Gasteiger partial charge in [0.05, 0.1) is 0 Å². The number of aryl methyl sites for hydroxylation is 1. The zero-order valence-electron chi connectivity index (χ0n) is 14.9. The summed E-state index contributed by atoms with van der Waals surface area (Å²) in [6, 6.07) is 12.4. The van der Waals surface area contributed by atoms with Gasteiger partial charge in [0, 0.05) is 18.2 Å². The van der Waals surface area contributed by atoms with Crippen LogP contribution in [0.1, 0.15) is 30.0 Å². The molecule has 5 heteroatoms. The van der Waals surface area contributed by atoms with Gasteiger partial charge in [0.2, 0.25) is 0 Å². The molecule has 0 N–H and O–H groups in total. The lowest BCUT2D eigenvalue weighted by Crippen LogP contribution is -2.01. The molecule has 0 radical (unpaired) electrons. The summed E-state index contributed by atoms with van der Waals surface area (Å²) in [4.78, 5) is 10.4. The highest BCUT2D eigenvalue weighted by molar-refractivity contribution is 7.99. The Bertz CT molecular complexity index is 750. The van der Waals surface area contributed by atoms with Crippen molar-refractivity contribution in [1.82, 2.24) is 0 Å². The number of benzene rings is 2. The normalized spacial score (nSPS) is 13.3. The number of thioether (sulfide) groups is 1. The van der Waals surface area contributed by atoms with Gasteiger partial charge in [0.15, 0.2) is 0 Å². The van der Waals surface area contributed by atoms with E-state index in [0.717, 1.165) is 29.1 Å². The van der Waals surface area contributed by atoms with Crippen LogP contribution in [0.25, 0.3) is 5.57 Å². The van der Waals surface area contributed by atoms with Gasteiger partial charge in [-0.3, -0.25) is 4.79 Å². The molecule has 138 valence electrons. The fraction of sp³-hybridized carbons (Fsp3) is 0.286. The van der Waals surface area contributed by atoms with E-state index in [2.05, 4.69) is 0 Å². The van der Waals surface area contributed by atoms with E-state index < -0.39 is 11.6 Å². The van der Waals surface area contributed by atoms with Crippen molar-refractivity contribution >= 4 is 23.3 Å². The average molecular weight is 376 g/mol. The first kappa shape index (κ1) is 20.2.